The van der Waals surface area contributed by atoms with Crippen molar-refractivity contribution in [1.82, 2.24) is 5.16 Å². The van der Waals surface area contributed by atoms with Gasteiger partial charge in [0.05, 0.1) is 0 Å². The fraction of sp³-hybridized carbons (Fsp3) is 0.688. The first kappa shape index (κ1) is 15.1. The largest absolute Gasteiger partial charge is 0.550 e. The Balaban J connectivity index is 1.74. The molecule has 22 heavy (non-hydrogen) atoms. The lowest BCUT2D eigenvalue weighted by molar-refractivity contribution is -0.314. The van der Waals surface area contributed by atoms with Crippen molar-refractivity contribution in [2.75, 3.05) is 5.32 Å². The van der Waals surface area contributed by atoms with Crippen LogP contribution in [0, 0.1) is 23.7 Å². The van der Waals surface area contributed by atoms with Crippen LogP contribution >= 0.6 is 0 Å². The predicted molar refractivity (Wildman–Crippen MR) is 76.7 cm³/mol. The molecule has 0 saturated heterocycles. The molecule has 2 fully saturated rings. The maximum absolute atomic E-state index is 12.5. The van der Waals surface area contributed by atoms with E-state index in [1.165, 1.54) is 0 Å². The van der Waals surface area contributed by atoms with Crippen LogP contribution in [0.3, 0.4) is 0 Å². The molecule has 4 atom stereocenters. The van der Waals surface area contributed by atoms with Gasteiger partial charge in [-0.1, -0.05) is 25.9 Å². The lowest BCUT2D eigenvalue weighted by atomic mass is 9.79. The molecule has 1 aromatic heterocycles. The third-order valence-electron chi connectivity index (χ3n) is 4.99. The highest BCUT2D eigenvalue weighted by Crippen LogP contribution is 2.52. The standard InChI is InChI=1S/C16H22N2O4/c1-16(2,3)10-7-11(18-22-10)17-14(19)12-8-4-5-9(6-8)13(12)15(20)21/h7-9,12-13H,4-6H2,1-3H3,(H,20,21)(H,17,18,19)/p-1/t8-,9+,12+,13+/m1/s1. The summed E-state index contributed by atoms with van der Waals surface area (Å²) in [5.74, 6) is -1.35. The predicted octanol–water partition coefficient (Wildman–Crippen LogP) is 1.32. The van der Waals surface area contributed by atoms with Crippen LogP contribution in [0.15, 0.2) is 10.6 Å². The van der Waals surface area contributed by atoms with Gasteiger partial charge in [-0.3, -0.25) is 4.79 Å². The maximum atomic E-state index is 12.5. The van der Waals surface area contributed by atoms with Gasteiger partial charge < -0.3 is 19.7 Å². The molecule has 0 aliphatic heterocycles. The highest BCUT2D eigenvalue weighted by Gasteiger charge is 2.51. The van der Waals surface area contributed by atoms with Crippen molar-refractivity contribution in [2.24, 2.45) is 23.7 Å². The highest BCUT2D eigenvalue weighted by atomic mass is 16.5. The van der Waals surface area contributed by atoms with E-state index in [9.17, 15) is 14.7 Å². The minimum Gasteiger partial charge on any atom is -0.550 e. The number of nitrogens with one attached hydrogen (secondary N) is 1. The van der Waals surface area contributed by atoms with Crippen LogP contribution in [0.4, 0.5) is 5.82 Å². The molecule has 2 bridgehead atoms. The van der Waals surface area contributed by atoms with Crippen LogP contribution in [0.1, 0.15) is 45.8 Å². The minimum atomic E-state index is -1.11. The molecule has 1 amide bonds. The Bertz CT molecular complexity index is 602. The zero-order valence-electron chi connectivity index (χ0n) is 13.1. The van der Waals surface area contributed by atoms with E-state index in [0.717, 1.165) is 19.3 Å². The molecule has 120 valence electrons. The van der Waals surface area contributed by atoms with Gasteiger partial charge in [0.2, 0.25) is 5.91 Å². The topological polar surface area (TPSA) is 95.3 Å². The molecule has 0 spiro atoms. The molecule has 3 rings (SSSR count). The molecule has 6 heteroatoms. The van der Waals surface area contributed by atoms with E-state index < -0.39 is 17.8 Å². The average Bonchev–Trinajstić information content (AvgIpc) is 3.11. The summed E-state index contributed by atoms with van der Waals surface area (Å²) in [6, 6.07) is 1.69. The molecule has 0 radical (unpaired) electrons. The number of anilines is 1. The number of carbonyl (C=O) groups excluding carboxylic acids is 2. The second-order valence-electron chi connectivity index (χ2n) is 7.52. The normalized spacial score (nSPS) is 30.5. The van der Waals surface area contributed by atoms with Crippen LogP contribution in [0.2, 0.25) is 0 Å². The molecule has 1 aromatic rings. The third-order valence-corrected chi connectivity index (χ3v) is 4.99. The van der Waals surface area contributed by atoms with E-state index in [0.29, 0.717) is 11.6 Å². The van der Waals surface area contributed by atoms with E-state index >= 15 is 0 Å². The Morgan fingerprint density at radius 1 is 1.27 bits per heavy atom. The first-order chi connectivity index (χ1) is 10.3. The molecule has 2 aliphatic rings. The highest BCUT2D eigenvalue weighted by molar-refractivity contribution is 5.95. The molecule has 1 heterocycles. The molecule has 0 aromatic carbocycles. The number of carbonyl (C=O) groups is 2. The van der Waals surface area contributed by atoms with Gasteiger partial charge in [-0.25, -0.2) is 0 Å². The van der Waals surface area contributed by atoms with Crippen molar-refractivity contribution in [1.29, 1.82) is 0 Å². The fourth-order valence-corrected chi connectivity index (χ4v) is 3.90. The lowest BCUT2D eigenvalue weighted by Gasteiger charge is -2.30. The smallest absolute Gasteiger partial charge is 0.229 e. The molecule has 6 nitrogen and oxygen atoms in total. The summed E-state index contributed by atoms with van der Waals surface area (Å²) in [5.41, 5.74) is -0.198. The first-order valence-corrected chi connectivity index (χ1v) is 7.76. The molecule has 0 unspecified atom stereocenters. The number of carboxylic acids is 1. The van der Waals surface area contributed by atoms with Crippen molar-refractivity contribution in [3.8, 4) is 0 Å². The Morgan fingerprint density at radius 3 is 2.45 bits per heavy atom. The van der Waals surface area contributed by atoms with Gasteiger partial charge >= 0.3 is 0 Å². The summed E-state index contributed by atoms with van der Waals surface area (Å²) in [5, 5.41) is 17.9. The summed E-state index contributed by atoms with van der Waals surface area (Å²) in [4.78, 5) is 23.9. The Labute approximate surface area is 129 Å². The van der Waals surface area contributed by atoms with E-state index in [2.05, 4.69) is 10.5 Å². The van der Waals surface area contributed by atoms with Crippen molar-refractivity contribution < 1.29 is 19.2 Å². The van der Waals surface area contributed by atoms with Crippen molar-refractivity contribution in [2.45, 2.75) is 45.4 Å². The Morgan fingerprint density at radius 2 is 1.91 bits per heavy atom. The Kier molecular flexibility index (Phi) is 3.50. The fourth-order valence-electron chi connectivity index (χ4n) is 3.90. The summed E-state index contributed by atoms with van der Waals surface area (Å²) in [6.45, 7) is 5.96. The number of nitrogens with zero attached hydrogens (tertiary/aromatic N) is 1. The second-order valence-corrected chi connectivity index (χ2v) is 7.52. The number of fused-ring (bicyclic) bond motifs is 2. The van der Waals surface area contributed by atoms with Gasteiger partial charge in [-0.05, 0) is 31.1 Å². The van der Waals surface area contributed by atoms with Crippen LogP contribution in [0.5, 0.6) is 0 Å². The monoisotopic (exact) mass is 305 g/mol. The number of hydrogen-bond donors (Lipinski definition) is 1. The molecule has 1 N–H and O–H groups in total. The average molecular weight is 305 g/mol. The summed E-state index contributed by atoms with van der Waals surface area (Å²) in [6.07, 6.45) is 2.60. The Hall–Kier alpha value is -1.85. The van der Waals surface area contributed by atoms with Crippen LogP contribution < -0.4 is 10.4 Å². The van der Waals surface area contributed by atoms with Gasteiger partial charge in [-0.15, -0.1) is 0 Å². The quantitative estimate of drug-likeness (QED) is 0.908. The van der Waals surface area contributed by atoms with Crippen molar-refractivity contribution in [3.05, 3.63) is 11.8 Å². The number of rotatable bonds is 3. The van der Waals surface area contributed by atoms with E-state index in [4.69, 9.17) is 4.52 Å². The van der Waals surface area contributed by atoms with Crippen molar-refractivity contribution >= 4 is 17.7 Å². The zero-order chi connectivity index (χ0) is 16.1. The van der Waals surface area contributed by atoms with Crippen molar-refractivity contribution in [3.63, 3.8) is 0 Å². The van der Waals surface area contributed by atoms with E-state index in [-0.39, 0.29) is 23.2 Å². The number of aliphatic carboxylic acids is 1. The summed E-state index contributed by atoms with van der Waals surface area (Å²) < 4.78 is 5.24. The molecule has 2 saturated carbocycles. The summed E-state index contributed by atoms with van der Waals surface area (Å²) in [7, 11) is 0. The number of amides is 1. The number of hydrogen-bond acceptors (Lipinski definition) is 5. The number of aromatic nitrogens is 1. The van der Waals surface area contributed by atoms with E-state index in [1.807, 2.05) is 20.8 Å². The van der Waals surface area contributed by atoms with Crippen LogP contribution in [-0.2, 0) is 15.0 Å². The van der Waals surface area contributed by atoms with Crippen LogP contribution in [-0.4, -0.2) is 17.0 Å². The van der Waals surface area contributed by atoms with Gasteiger partial charge in [0, 0.05) is 29.3 Å². The maximum Gasteiger partial charge on any atom is 0.229 e. The first-order valence-electron chi connectivity index (χ1n) is 7.76. The molecule has 2 aliphatic carbocycles. The molecular formula is C16H21N2O4-. The van der Waals surface area contributed by atoms with Gasteiger partial charge in [-0.2, -0.15) is 0 Å². The SMILES string of the molecule is CC(C)(C)c1cc(NC(=O)[C@H]2[C@@H]3CC[C@@H](C3)[C@@H]2C(=O)[O-])no1. The van der Waals surface area contributed by atoms with Crippen LogP contribution in [0.25, 0.3) is 0 Å². The van der Waals surface area contributed by atoms with Gasteiger partial charge in [0.25, 0.3) is 0 Å². The minimum absolute atomic E-state index is 0.0770. The second kappa shape index (κ2) is 5.11. The van der Waals surface area contributed by atoms with Gasteiger partial charge in [0.1, 0.15) is 5.76 Å². The lowest BCUT2D eigenvalue weighted by Crippen LogP contribution is -2.44. The number of carboxylic acid groups (broad SMARTS) is 1. The van der Waals surface area contributed by atoms with Gasteiger partial charge in [0.15, 0.2) is 5.82 Å². The molecular weight excluding hydrogens is 284 g/mol. The van der Waals surface area contributed by atoms with E-state index in [1.54, 1.807) is 6.07 Å². The zero-order valence-corrected chi connectivity index (χ0v) is 13.1. The third kappa shape index (κ3) is 2.51. The summed E-state index contributed by atoms with van der Waals surface area (Å²) >= 11 is 0.